The molecule has 0 aliphatic carbocycles. The van der Waals surface area contributed by atoms with Crippen molar-refractivity contribution in [2.24, 2.45) is 4.99 Å². The van der Waals surface area contributed by atoms with E-state index in [1.807, 2.05) is 25.8 Å². The summed E-state index contributed by atoms with van der Waals surface area (Å²) in [5, 5.41) is 6.75. The third-order valence-electron chi connectivity index (χ3n) is 3.88. The number of halogens is 1. The van der Waals surface area contributed by atoms with Crippen molar-refractivity contribution in [1.82, 2.24) is 25.1 Å². The van der Waals surface area contributed by atoms with Gasteiger partial charge in [-0.15, -0.1) is 24.0 Å². The molecular weight excluding hydrogens is 415 g/mol. The minimum atomic E-state index is 0. The van der Waals surface area contributed by atoms with Gasteiger partial charge in [-0.25, -0.2) is 4.98 Å². The van der Waals surface area contributed by atoms with E-state index in [1.165, 1.54) is 0 Å². The Bertz CT molecular complexity index is 422. The van der Waals surface area contributed by atoms with Gasteiger partial charge in [0, 0.05) is 57.7 Å². The predicted molar refractivity (Wildman–Crippen MR) is 113 cm³/mol. The van der Waals surface area contributed by atoms with Crippen LogP contribution in [0.1, 0.15) is 40.5 Å². The van der Waals surface area contributed by atoms with Crippen molar-refractivity contribution < 1.29 is 0 Å². The second-order valence-corrected chi connectivity index (χ2v) is 6.36. The Morgan fingerprint density at radius 2 is 1.75 bits per heavy atom. The lowest BCUT2D eigenvalue weighted by Gasteiger charge is -2.30. The minimum Gasteiger partial charge on any atom is -0.356 e. The Hall–Kier alpha value is -0.830. The number of nitrogens with one attached hydrogen (secondary N) is 2. The van der Waals surface area contributed by atoms with Gasteiger partial charge in [-0.3, -0.25) is 9.89 Å². The van der Waals surface area contributed by atoms with Crippen LogP contribution in [-0.4, -0.2) is 59.2 Å². The number of aryl methyl sites for hydroxylation is 1. The number of nitrogens with zero attached hydrogens (tertiary/aromatic N) is 4. The van der Waals surface area contributed by atoms with Crippen molar-refractivity contribution in [1.29, 1.82) is 0 Å². The Labute approximate surface area is 164 Å². The number of rotatable bonds is 10. The number of imidazole rings is 1. The highest BCUT2D eigenvalue weighted by molar-refractivity contribution is 14.0. The van der Waals surface area contributed by atoms with Crippen LogP contribution in [0.3, 0.4) is 0 Å². The van der Waals surface area contributed by atoms with E-state index < -0.39 is 0 Å². The third kappa shape index (κ3) is 9.46. The van der Waals surface area contributed by atoms with Crippen molar-refractivity contribution in [2.45, 2.75) is 59.2 Å². The van der Waals surface area contributed by atoms with E-state index in [-0.39, 0.29) is 24.0 Å². The van der Waals surface area contributed by atoms with Gasteiger partial charge in [-0.05, 0) is 40.5 Å². The molecule has 0 amide bonds. The molecule has 140 valence electrons. The van der Waals surface area contributed by atoms with E-state index in [0.717, 1.165) is 45.0 Å². The maximum absolute atomic E-state index is 4.27. The van der Waals surface area contributed by atoms with E-state index in [1.54, 1.807) is 0 Å². The summed E-state index contributed by atoms with van der Waals surface area (Å²) in [5.74, 6) is 0.885. The van der Waals surface area contributed by atoms with Crippen LogP contribution < -0.4 is 10.6 Å². The molecule has 0 bridgehead atoms. The SMILES string of the molecule is CN=C(NCCCN(C(C)C)C(C)C)NCCCn1ccnc1.I. The summed E-state index contributed by atoms with van der Waals surface area (Å²) in [6, 6.07) is 1.19. The van der Waals surface area contributed by atoms with Gasteiger partial charge in [-0.2, -0.15) is 0 Å². The number of aromatic nitrogens is 2. The zero-order valence-corrected chi connectivity index (χ0v) is 18.2. The maximum atomic E-state index is 4.27. The van der Waals surface area contributed by atoms with Crippen LogP contribution in [0.25, 0.3) is 0 Å². The van der Waals surface area contributed by atoms with Gasteiger partial charge in [0.05, 0.1) is 6.33 Å². The van der Waals surface area contributed by atoms with Crippen LogP contribution in [0.5, 0.6) is 0 Å². The molecule has 1 aromatic rings. The van der Waals surface area contributed by atoms with Crippen LogP contribution in [-0.2, 0) is 6.54 Å². The van der Waals surface area contributed by atoms with Gasteiger partial charge in [0.25, 0.3) is 0 Å². The molecule has 0 fully saturated rings. The zero-order chi connectivity index (χ0) is 17.1. The van der Waals surface area contributed by atoms with Gasteiger partial charge >= 0.3 is 0 Å². The molecule has 0 aliphatic heterocycles. The third-order valence-corrected chi connectivity index (χ3v) is 3.88. The van der Waals surface area contributed by atoms with Crippen LogP contribution >= 0.6 is 24.0 Å². The molecule has 0 atom stereocenters. The van der Waals surface area contributed by atoms with Gasteiger partial charge in [-0.1, -0.05) is 0 Å². The van der Waals surface area contributed by atoms with Gasteiger partial charge in [0.1, 0.15) is 0 Å². The molecule has 1 aromatic heterocycles. The zero-order valence-electron chi connectivity index (χ0n) is 15.8. The van der Waals surface area contributed by atoms with Crippen molar-refractivity contribution in [3.05, 3.63) is 18.7 Å². The van der Waals surface area contributed by atoms with E-state index in [9.17, 15) is 0 Å². The van der Waals surface area contributed by atoms with Gasteiger partial charge in [0.15, 0.2) is 5.96 Å². The van der Waals surface area contributed by atoms with Crippen LogP contribution in [0.4, 0.5) is 0 Å². The van der Waals surface area contributed by atoms with Crippen molar-refractivity contribution >= 4 is 29.9 Å². The average Bonchev–Trinajstić information content (AvgIpc) is 3.01. The number of hydrogen-bond acceptors (Lipinski definition) is 3. The van der Waals surface area contributed by atoms with Crippen LogP contribution in [0, 0.1) is 0 Å². The molecule has 24 heavy (non-hydrogen) atoms. The highest BCUT2D eigenvalue weighted by atomic mass is 127. The molecule has 0 aromatic carbocycles. The summed E-state index contributed by atoms with van der Waals surface area (Å²) >= 11 is 0. The Balaban J connectivity index is 0.00000529. The molecule has 1 heterocycles. The average molecular weight is 450 g/mol. The Morgan fingerprint density at radius 3 is 2.25 bits per heavy atom. The molecule has 2 N–H and O–H groups in total. The molecule has 0 spiro atoms. The fourth-order valence-corrected chi connectivity index (χ4v) is 2.69. The molecule has 0 unspecified atom stereocenters. The quantitative estimate of drug-likeness (QED) is 0.249. The summed E-state index contributed by atoms with van der Waals surface area (Å²) in [6.45, 7) is 13.0. The lowest BCUT2D eigenvalue weighted by atomic mass is 10.2. The number of guanidine groups is 1. The summed E-state index contributed by atoms with van der Waals surface area (Å²) in [7, 11) is 1.82. The van der Waals surface area contributed by atoms with Crippen LogP contribution in [0.2, 0.25) is 0 Å². The van der Waals surface area contributed by atoms with E-state index >= 15 is 0 Å². The lowest BCUT2D eigenvalue weighted by molar-refractivity contribution is 0.173. The fourth-order valence-electron chi connectivity index (χ4n) is 2.69. The molecule has 1 rings (SSSR count). The molecular formula is C17H35IN6. The first kappa shape index (κ1) is 23.2. The highest BCUT2D eigenvalue weighted by Crippen LogP contribution is 2.05. The second kappa shape index (κ2) is 13.5. The second-order valence-electron chi connectivity index (χ2n) is 6.36. The topological polar surface area (TPSA) is 57.5 Å². The number of hydrogen-bond donors (Lipinski definition) is 2. The molecule has 0 aliphatic rings. The summed E-state index contributed by atoms with van der Waals surface area (Å²) in [6.07, 6.45) is 7.81. The van der Waals surface area contributed by atoms with Gasteiger partial charge < -0.3 is 15.2 Å². The Kier molecular flexibility index (Phi) is 13.0. The minimum absolute atomic E-state index is 0. The summed E-state index contributed by atoms with van der Waals surface area (Å²) in [4.78, 5) is 10.8. The largest absolute Gasteiger partial charge is 0.356 e. The van der Waals surface area contributed by atoms with Crippen molar-refractivity contribution in [2.75, 3.05) is 26.7 Å². The van der Waals surface area contributed by atoms with Crippen LogP contribution in [0.15, 0.2) is 23.7 Å². The van der Waals surface area contributed by atoms with Crippen molar-refractivity contribution in [3.63, 3.8) is 0 Å². The monoisotopic (exact) mass is 450 g/mol. The maximum Gasteiger partial charge on any atom is 0.190 e. The summed E-state index contributed by atoms with van der Waals surface area (Å²) < 4.78 is 2.09. The van der Waals surface area contributed by atoms with Gasteiger partial charge in [0.2, 0.25) is 0 Å². The first-order valence-electron chi connectivity index (χ1n) is 8.70. The van der Waals surface area contributed by atoms with E-state index in [2.05, 4.69) is 57.8 Å². The predicted octanol–water partition coefficient (Wildman–Crippen LogP) is 2.57. The first-order chi connectivity index (χ1) is 11.0. The van der Waals surface area contributed by atoms with E-state index in [4.69, 9.17) is 0 Å². The van der Waals surface area contributed by atoms with E-state index in [0.29, 0.717) is 12.1 Å². The first-order valence-corrected chi connectivity index (χ1v) is 8.70. The number of aliphatic imine (C=N–C) groups is 1. The molecule has 6 nitrogen and oxygen atoms in total. The molecule has 7 heteroatoms. The highest BCUT2D eigenvalue weighted by Gasteiger charge is 2.12. The fraction of sp³-hybridized carbons (Fsp3) is 0.765. The molecule has 0 saturated carbocycles. The van der Waals surface area contributed by atoms with Crippen molar-refractivity contribution in [3.8, 4) is 0 Å². The Morgan fingerprint density at radius 1 is 1.12 bits per heavy atom. The normalized spacial score (nSPS) is 11.9. The summed E-state index contributed by atoms with van der Waals surface area (Å²) in [5.41, 5.74) is 0. The molecule has 0 saturated heterocycles. The molecule has 0 radical (unpaired) electrons. The smallest absolute Gasteiger partial charge is 0.190 e. The lowest BCUT2D eigenvalue weighted by Crippen LogP contribution is -2.41. The standard InChI is InChI=1S/C17H34N6.HI/c1-15(2)23(16(3)4)12-7-9-21-17(18-5)20-8-6-11-22-13-10-19-14-22;/h10,13-16H,6-9,11-12H2,1-5H3,(H2,18,20,21);1H.